The molecule has 4 rings (SSSR count). The van der Waals surface area contributed by atoms with Gasteiger partial charge in [-0.25, -0.2) is 0 Å². The lowest BCUT2D eigenvalue weighted by molar-refractivity contribution is -0.125. The molecule has 1 aliphatic rings. The van der Waals surface area contributed by atoms with Gasteiger partial charge in [0.25, 0.3) is 11.8 Å². The van der Waals surface area contributed by atoms with Crippen LogP contribution in [0.2, 0.25) is 4.34 Å². The Hall–Kier alpha value is -3.40. The first kappa shape index (κ1) is 24.7. The highest BCUT2D eigenvalue weighted by Gasteiger charge is 2.24. The first-order chi connectivity index (χ1) is 16.9. The monoisotopic (exact) mass is 513 g/mol. The fourth-order valence-corrected chi connectivity index (χ4v) is 4.56. The van der Waals surface area contributed by atoms with Gasteiger partial charge in [0.05, 0.1) is 22.9 Å². The maximum atomic E-state index is 13.2. The number of amides is 3. The summed E-state index contributed by atoms with van der Waals surface area (Å²) in [4.78, 5) is 40.1. The molecule has 10 heteroatoms. The van der Waals surface area contributed by atoms with Crippen molar-refractivity contribution in [1.29, 1.82) is 0 Å². The van der Waals surface area contributed by atoms with Crippen molar-refractivity contribution in [2.24, 2.45) is 0 Å². The molecule has 8 nitrogen and oxygen atoms in total. The number of methoxy groups -OCH3 is 1. The molecule has 0 spiro atoms. The lowest BCUT2D eigenvalue weighted by Crippen LogP contribution is -2.45. The summed E-state index contributed by atoms with van der Waals surface area (Å²) in [5, 5.41) is 5.67. The second-order valence-corrected chi connectivity index (χ2v) is 9.53. The van der Waals surface area contributed by atoms with Crippen LogP contribution in [0, 0.1) is 0 Å². The van der Waals surface area contributed by atoms with E-state index < -0.39 is 6.04 Å². The van der Waals surface area contributed by atoms with Crippen molar-refractivity contribution in [3.63, 3.8) is 0 Å². The Bertz CT molecular complexity index is 1200. The van der Waals surface area contributed by atoms with Crippen LogP contribution >= 0.6 is 22.9 Å². The molecule has 0 radical (unpaired) electrons. The van der Waals surface area contributed by atoms with Gasteiger partial charge in [0.15, 0.2) is 0 Å². The van der Waals surface area contributed by atoms with Crippen LogP contribution < -0.4 is 20.3 Å². The Morgan fingerprint density at radius 1 is 1.11 bits per heavy atom. The van der Waals surface area contributed by atoms with E-state index in [4.69, 9.17) is 21.1 Å². The molecule has 2 heterocycles. The Labute approximate surface area is 211 Å². The Kier molecular flexibility index (Phi) is 8.02. The number of benzene rings is 2. The summed E-state index contributed by atoms with van der Waals surface area (Å²) in [5.74, 6) is -0.154. The van der Waals surface area contributed by atoms with Gasteiger partial charge in [0.1, 0.15) is 18.4 Å². The third-order valence-corrected chi connectivity index (χ3v) is 6.68. The van der Waals surface area contributed by atoms with Gasteiger partial charge in [-0.15, -0.1) is 11.3 Å². The van der Waals surface area contributed by atoms with Crippen molar-refractivity contribution in [2.45, 2.75) is 12.5 Å². The van der Waals surface area contributed by atoms with E-state index in [1.165, 1.54) is 0 Å². The molecular weight excluding hydrogens is 490 g/mol. The molecule has 3 aromatic rings. The molecule has 1 saturated heterocycles. The van der Waals surface area contributed by atoms with E-state index in [0.717, 1.165) is 22.6 Å². The van der Waals surface area contributed by atoms with Crippen molar-refractivity contribution in [3.05, 3.63) is 75.4 Å². The molecule has 2 aromatic carbocycles. The molecule has 0 aliphatic carbocycles. The Balaban J connectivity index is 1.48. The minimum atomic E-state index is -0.836. The molecule has 2 N–H and O–H groups in total. The highest BCUT2D eigenvalue weighted by molar-refractivity contribution is 7.18. The molecule has 0 bridgehead atoms. The van der Waals surface area contributed by atoms with E-state index in [9.17, 15) is 14.4 Å². The van der Waals surface area contributed by atoms with Gasteiger partial charge in [-0.3, -0.25) is 14.4 Å². The van der Waals surface area contributed by atoms with Crippen LogP contribution in [0.25, 0.3) is 0 Å². The van der Waals surface area contributed by atoms with Crippen LogP contribution in [0.3, 0.4) is 0 Å². The van der Waals surface area contributed by atoms with Crippen LogP contribution in [0.15, 0.2) is 60.7 Å². The van der Waals surface area contributed by atoms with Gasteiger partial charge < -0.3 is 25.0 Å². The molecule has 182 valence electrons. The van der Waals surface area contributed by atoms with Gasteiger partial charge in [-0.1, -0.05) is 23.7 Å². The predicted octanol–water partition coefficient (Wildman–Crippen LogP) is 3.75. The van der Waals surface area contributed by atoms with Crippen LogP contribution in [-0.2, 0) is 20.7 Å². The molecule has 1 atom stereocenters. The smallest absolute Gasteiger partial charge is 0.262 e. The number of halogens is 1. The first-order valence-corrected chi connectivity index (χ1v) is 12.1. The summed E-state index contributed by atoms with van der Waals surface area (Å²) in [5.41, 5.74) is 2.14. The highest BCUT2D eigenvalue weighted by Crippen LogP contribution is 2.23. The lowest BCUT2D eigenvalue weighted by Gasteiger charge is -2.27. The number of ether oxygens (including phenoxy) is 2. The minimum absolute atomic E-state index is 0.0562. The second-order valence-electron chi connectivity index (χ2n) is 7.82. The molecule has 1 fully saturated rings. The lowest BCUT2D eigenvalue weighted by atomic mass is 10.0. The number of hydrogen-bond acceptors (Lipinski definition) is 6. The number of rotatable bonds is 8. The summed E-state index contributed by atoms with van der Waals surface area (Å²) < 4.78 is 10.9. The summed E-state index contributed by atoms with van der Waals surface area (Å²) in [6.45, 7) is 1.01. The van der Waals surface area contributed by atoms with Crippen molar-refractivity contribution >= 4 is 52.0 Å². The van der Waals surface area contributed by atoms with E-state index in [1.54, 1.807) is 60.5 Å². The fraction of sp³-hybridized carbons (Fsp3) is 0.240. The Morgan fingerprint density at radius 2 is 1.86 bits per heavy atom. The van der Waals surface area contributed by atoms with Gasteiger partial charge in [0, 0.05) is 24.3 Å². The second kappa shape index (κ2) is 11.4. The van der Waals surface area contributed by atoms with Crippen LogP contribution in [0.4, 0.5) is 11.4 Å². The van der Waals surface area contributed by atoms with Gasteiger partial charge in [-0.2, -0.15) is 0 Å². The zero-order valence-electron chi connectivity index (χ0n) is 19.0. The number of anilines is 2. The quantitative estimate of drug-likeness (QED) is 0.478. The number of carbonyl (C=O) groups is 3. The van der Waals surface area contributed by atoms with Crippen molar-refractivity contribution in [3.8, 4) is 5.75 Å². The molecule has 35 heavy (non-hydrogen) atoms. The molecule has 1 unspecified atom stereocenters. The number of nitrogens with zero attached hydrogens (tertiary/aromatic N) is 1. The molecule has 0 saturated carbocycles. The van der Waals surface area contributed by atoms with Crippen LogP contribution in [-0.4, -0.2) is 50.6 Å². The number of hydrogen-bond donors (Lipinski definition) is 2. The van der Waals surface area contributed by atoms with Crippen molar-refractivity contribution < 1.29 is 23.9 Å². The third kappa shape index (κ3) is 6.39. The van der Waals surface area contributed by atoms with Crippen molar-refractivity contribution in [2.75, 3.05) is 37.1 Å². The zero-order chi connectivity index (χ0) is 24.8. The average molecular weight is 514 g/mol. The highest BCUT2D eigenvalue weighted by atomic mass is 35.5. The number of carbonyl (C=O) groups excluding carboxylic acids is 3. The van der Waals surface area contributed by atoms with Gasteiger partial charge in [0.2, 0.25) is 5.91 Å². The third-order valence-electron chi connectivity index (χ3n) is 5.45. The minimum Gasteiger partial charge on any atom is -0.497 e. The normalized spacial score (nSPS) is 14.3. The fourth-order valence-electron chi connectivity index (χ4n) is 3.62. The Morgan fingerprint density at radius 3 is 2.49 bits per heavy atom. The van der Waals surface area contributed by atoms with E-state index in [2.05, 4.69) is 10.6 Å². The van der Waals surface area contributed by atoms with Gasteiger partial charge in [-0.05, 0) is 54.1 Å². The van der Waals surface area contributed by atoms with E-state index in [0.29, 0.717) is 33.8 Å². The standard InChI is InChI=1S/C25H24ClN3O5S/c1-33-19-8-2-16(3-9-19)14-20(28-25(32)21-10-11-22(26)35-21)24(31)27-17-4-6-18(7-5-17)29-12-13-34-15-23(29)30/h2-11,20H,12-15H2,1H3,(H,27,31)(H,28,32). The number of nitrogens with one attached hydrogen (secondary N) is 2. The first-order valence-electron chi connectivity index (χ1n) is 10.9. The maximum Gasteiger partial charge on any atom is 0.262 e. The van der Waals surface area contributed by atoms with E-state index in [-0.39, 0.29) is 30.7 Å². The van der Waals surface area contributed by atoms with Gasteiger partial charge >= 0.3 is 0 Å². The molecular formula is C25H24ClN3O5S. The summed E-state index contributed by atoms with van der Waals surface area (Å²) in [7, 11) is 1.58. The molecule has 1 aliphatic heterocycles. The van der Waals surface area contributed by atoms with E-state index >= 15 is 0 Å². The average Bonchev–Trinajstić information content (AvgIpc) is 3.31. The predicted molar refractivity (Wildman–Crippen MR) is 136 cm³/mol. The molecule has 3 amide bonds. The summed E-state index contributed by atoms with van der Waals surface area (Å²) in [6.07, 6.45) is 0.279. The number of thiophene rings is 1. The van der Waals surface area contributed by atoms with Crippen molar-refractivity contribution in [1.82, 2.24) is 5.32 Å². The summed E-state index contributed by atoms with van der Waals surface area (Å²) in [6, 6.07) is 16.7. The maximum absolute atomic E-state index is 13.2. The van der Waals surface area contributed by atoms with E-state index in [1.807, 2.05) is 12.1 Å². The SMILES string of the molecule is COc1ccc(CC(NC(=O)c2ccc(Cl)s2)C(=O)Nc2ccc(N3CCOCC3=O)cc2)cc1. The zero-order valence-corrected chi connectivity index (χ0v) is 20.5. The largest absolute Gasteiger partial charge is 0.497 e. The number of morpholine rings is 1. The summed E-state index contributed by atoms with van der Waals surface area (Å²) >= 11 is 7.11. The van der Waals surface area contributed by atoms with Crippen LogP contribution in [0.1, 0.15) is 15.2 Å². The molecule has 1 aromatic heterocycles. The van der Waals surface area contributed by atoms with Crippen LogP contribution in [0.5, 0.6) is 5.75 Å². The topological polar surface area (TPSA) is 97.0 Å².